The summed E-state index contributed by atoms with van der Waals surface area (Å²) < 4.78 is 64.0. The van der Waals surface area contributed by atoms with Gasteiger partial charge < -0.3 is 14.4 Å². The molecule has 4 aromatic rings. The van der Waals surface area contributed by atoms with Gasteiger partial charge >= 0.3 is 6.09 Å². The lowest BCUT2D eigenvalue weighted by Gasteiger charge is -2.44. The minimum absolute atomic E-state index is 0.0495. The molecule has 7 nitrogen and oxygen atoms in total. The van der Waals surface area contributed by atoms with E-state index in [4.69, 9.17) is 9.47 Å². The molecule has 6 rings (SSSR count). The number of fused-ring (bicyclic) bond motifs is 1. The molecule has 0 radical (unpaired) electrons. The van der Waals surface area contributed by atoms with Gasteiger partial charge in [0, 0.05) is 38.2 Å². The molecule has 0 unspecified atom stereocenters. The summed E-state index contributed by atoms with van der Waals surface area (Å²) in [6.07, 6.45) is 4.05. The molecule has 0 saturated carbocycles. The third kappa shape index (κ3) is 7.07. The molecule has 1 saturated heterocycles. The Labute approximate surface area is 255 Å². The minimum atomic E-state index is -3.35. The molecule has 3 heterocycles. The zero-order valence-corrected chi connectivity index (χ0v) is 24.9. The Hall–Kier alpha value is -4.31. The number of piperidine rings is 1. The molecule has 2 aliphatic heterocycles. The van der Waals surface area contributed by atoms with Crippen molar-refractivity contribution in [3.8, 4) is 16.9 Å². The fourth-order valence-corrected chi connectivity index (χ4v) is 7.31. The Bertz CT molecular complexity index is 1740. The number of carbonyl (C=O) groups is 1. The third-order valence-electron chi connectivity index (χ3n) is 8.22. The smallest absolute Gasteiger partial charge is 0.410 e. The SMILES string of the molecule is O=C(OCc1cc(F)cc(F)c1)N1CCC2(CCc3cc(-c4ccc(CS(=O)(=O)Cc5ccccn5)cc4)ccc3O2)CC1. The Morgan fingerprint density at radius 2 is 1.59 bits per heavy atom. The summed E-state index contributed by atoms with van der Waals surface area (Å²) in [5, 5.41) is 0. The van der Waals surface area contributed by atoms with Crippen molar-refractivity contribution in [2.24, 2.45) is 0 Å². The molecule has 0 aliphatic carbocycles. The number of rotatable bonds is 7. The monoisotopic (exact) mass is 618 g/mol. The van der Waals surface area contributed by atoms with Crippen molar-refractivity contribution in [2.45, 2.75) is 49.4 Å². The lowest BCUT2D eigenvalue weighted by Crippen LogP contribution is -2.51. The number of hydrogen-bond acceptors (Lipinski definition) is 6. The highest BCUT2D eigenvalue weighted by Crippen LogP contribution is 2.41. The van der Waals surface area contributed by atoms with Gasteiger partial charge in [0.2, 0.25) is 0 Å². The van der Waals surface area contributed by atoms with Crippen LogP contribution in [0.1, 0.15) is 41.6 Å². The summed E-state index contributed by atoms with van der Waals surface area (Å²) >= 11 is 0. The van der Waals surface area contributed by atoms with Gasteiger partial charge in [-0.15, -0.1) is 0 Å². The Morgan fingerprint density at radius 1 is 0.864 bits per heavy atom. The van der Waals surface area contributed by atoms with Crippen LogP contribution in [0.15, 0.2) is 85.1 Å². The fraction of sp³-hybridized carbons (Fsp3) is 0.294. The van der Waals surface area contributed by atoms with E-state index < -0.39 is 27.6 Å². The number of pyridine rings is 1. The Kier molecular flexibility index (Phi) is 8.35. The van der Waals surface area contributed by atoms with Crippen molar-refractivity contribution in [1.29, 1.82) is 0 Å². The van der Waals surface area contributed by atoms with E-state index >= 15 is 0 Å². The van der Waals surface area contributed by atoms with Crippen molar-refractivity contribution in [3.63, 3.8) is 0 Å². The number of amides is 1. The maximum Gasteiger partial charge on any atom is 0.410 e. The summed E-state index contributed by atoms with van der Waals surface area (Å²) in [7, 11) is -3.35. The normalized spacial score (nSPS) is 15.8. The molecule has 1 spiro atoms. The lowest BCUT2D eigenvalue weighted by molar-refractivity contribution is -0.0151. The summed E-state index contributed by atoms with van der Waals surface area (Å²) in [6.45, 7) is 0.733. The van der Waals surface area contributed by atoms with E-state index in [2.05, 4.69) is 11.1 Å². The molecule has 1 fully saturated rings. The molecule has 1 amide bonds. The number of halogens is 2. The third-order valence-corrected chi connectivity index (χ3v) is 9.73. The van der Waals surface area contributed by atoms with E-state index in [9.17, 15) is 22.0 Å². The highest BCUT2D eigenvalue weighted by molar-refractivity contribution is 7.89. The molecular formula is C34H32F2N2O5S. The highest BCUT2D eigenvalue weighted by Gasteiger charge is 2.40. The summed E-state index contributed by atoms with van der Waals surface area (Å²) in [4.78, 5) is 18.3. The molecule has 0 atom stereocenters. The lowest BCUT2D eigenvalue weighted by atomic mass is 9.82. The van der Waals surface area contributed by atoms with E-state index in [1.807, 2.05) is 36.4 Å². The van der Waals surface area contributed by atoms with Gasteiger partial charge in [-0.1, -0.05) is 36.4 Å². The van der Waals surface area contributed by atoms with Crippen molar-refractivity contribution < 1.29 is 31.5 Å². The average Bonchev–Trinajstić information content (AvgIpc) is 3.00. The van der Waals surface area contributed by atoms with Crippen LogP contribution in [-0.4, -0.2) is 43.1 Å². The summed E-state index contributed by atoms with van der Waals surface area (Å²) in [6, 6.07) is 22.0. The van der Waals surface area contributed by atoms with Crippen LogP contribution in [-0.2, 0) is 39.1 Å². The molecule has 10 heteroatoms. The van der Waals surface area contributed by atoms with Crippen molar-refractivity contribution >= 4 is 15.9 Å². The number of carbonyl (C=O) groups excluding carboxylic acids is 1. The average molecular weight is 619 g/mol. The number of aromatic nitrogens is 1. The van der Waals surface area contributed by atoms with Crippen LogP contribution in [0, 0.1) is 11.6 Å². The van der Waals surface area contributed by atoms with Crippen LogP contribution in [0.5, 0.6) is 5.75 Å². The number of likely N-dealkylation sites (tertiary alicyclic amines) is 1. The van der Waals surface area contributed by atoms with Crippen LogP contribution in [0.25, 0.3) is 11.1 Å². The topological polar surface area (TPSA) is 85.8 Å². The van der Waals surface area contributed by atoms with E-state index in [-0.39, 0.29) is 29.3 Å². The molecule has 44 heavy (non-hydrogen) atoms. The number of nitrogens with zero attached hydrogens (tertiary/aromatic N) is 2. The summed E-state index contributed by atoms with van der Waals surface area (Å²) in [5.74, 6) is -0.732. The van der Waals surface area contributed by atoms with Crippen molar-refractivity contribution in [2.75, 3.05) is 13.1 Å². The highest BCUT2D eigenvalue weighted by atomic mass is 32.2. The standard InChI is InChI=1S/C34H32F2N2O5S/c35-29-17-25(18-30(36)20-29)21-42-33(39)38-15-12-34(13-16-38)11-10-28-19-27(8-9-32(28)43-34)26-6-4-24(5-7-26)22-44(40,41)23-31-3-1-2-14-37-31/h1-9,14,17-20H,10-13,15-16,21-23H2. The molecule has 0 bridgehead atoms. The van der Waals surface area contributed by atoms with Crippen LogP contribution < -0.4 is 4.74 Å². The quantitative estimate of drug-likeness (QED) is 0.231. The van der Waals surface area contributed by atoms with Gasteiger partial charge in [-0.05, 0) is 77.1 Å². The summed E-state index contributed by atoms with van der Waals surface area (Å²) in [5.41, 5.74) is 4.29. The maximum absolute atomic E-state index is 13.4. The number of benzene rings is 3. The Morgan fingerprint density at radius 3 is 2.30 bits per heavy atom. The molecule has 2 aliphatic rings. The maximum atomic E-state index is 13.4. The number of hydrogen-bond donors (Lipinski definition) is 0. The molecule has 228 valence electrons. The first kappa shape index (κ1) is 29.7. The van der Waals surface area contributed by atoms with Crippen LogP contribution >= 0.6 is 0 Å². The van der Waals surface area contributed by atoms with E-state index in [1.165, 1.54) is 0 Å². The number of sulfone groups is 1. The second-order valence-electron chi connectivity index (χ2n) is 11.5. The molecule has 0 N–H and O–H groups in total. The number of aryl methyl sites for hydroxylation is 1. The molecule has 3 aromatic carbocycles. The second-order valence-corrected chi connectivity index (χ2v) is 13.5. The van der Waals surface area contributed by atoms with Crippen molar-refractivity contribution in [3.05, 3.63) is 119 Å². The van der Waals surface area contributed by atoms with Gasteiger partial charge in [0.05, 0.1) is 17.2 Å². The zero-order valence-electron chi connectivity index (χ0n) is 24.0. The molecule has 1 aromatic heterocycles. The van der Waals surface area contributed by atoms with E-state index in [0.717, 1.165) is 59.0 Å². The predicted octanol–water partition coefficient (Wildman–Crippen LogP) is 6.64. The second kappa shape index (κ2) is 12.4. The van der Waals surface area contributed by atoms with Gasteiger partial charge in [-0.25, -0.2) is 22.0 Å². The fourth-order valence-electron chi connectivity index (χ4n) is 5.89. The first-order valence-electron chi connectivity index (χ1n) is 14.5. The van der Waals surface area contributed by atoms with Gasteiger partial charge in [0.15, 0.2) is 9.84 Å². The van der Waals surface area contributed by atoms with Crippen LogP contribution in [0.2, 0.25) is 0 Å². The van der Waals surface area contributed by atoms with Gasteiger partial charge in [0.1, 0.15) is 29.6 Å². The van der Waals surface area contributed by atoms with E-state index in [0.29, 0.717) is 31.6 Å². The van der Waals surface area contributed by atoms with E-state index in [1.54, 1.807) is 29.3 Å². The first-order chi connectivity index (χ1) is 21.2. The minimum Gasteiger partial charge on any atom is -0.487 e. The van der Waals surface area contributed by atoms with Gasteiger partial charge in [-0.3, -0.25) is 4.98 Å². The predicted molar refractivity (Wildman–Crippen MR) is 161 cm³/mol. The van der Waals surface area contributed by atoms with Crippen molar-refractivity contribution in [1.82, 2.24) is 9.88 Å². The number of ether oxygens (including phenoxy) is 2. The Balaban J connectivity index is 1.03. The van der Waals surface area contributed by atoms with Gasteiger partial charge in [-0.2, -0.15) is 0 Å². The zero-order chi connectivity index (χ0) is 30.7. The first-order valence-corrected chi connectivity index (χ1v) is 16.4. The molecular weight excluding hydrogens is 586 g/mol. The van der Waals surface area contributed by atoms with Crippen LogP contribution in [0.4, 0.5) is 13.6 Å². The largest absolute Gasteiger partial charge is 0.487 e. The van der Waals surface area contributed by atoms with Gasteiger partial charge in [0.25, 0.3) is 0 Å². The van der Waals surface area contributed by atoms with Crippen LogP contribution in [0.3, 0.4) is 0 Å².